The highest BCUT2D eigenvalue weighted by atomic mass is 16.5. The maximum Gasteiger partial charge on any atom is 0.243 e. The van der Waals surface area contributed by atoms with E-state index in [0.29, 0.717) is 18.0 Å². The highest BCUT2D eigenvalue weighted by Gasteiger charge is 2.23. The van der Waals surface area contributed by atoms with Crippen LogP contribution in [0.5, 0.6) is 0 Å². The number of guanidine groups is 1. The average molecular weight is 324 g/mol. The number of ether oxygens (including phenoxy) is 1. The third-order valence-corrected chi connectivity index (χ3v) is 4.87. The molecule has 6 nitrogen and oxygen atoms in total. The topological polar surface area (TPSA) is 66.0 Å². The molecule has 6 heteroatoms. The summed E-state index contributed by atoms with van der Waals surface area (Å²) >= 11 is 0. The molecule has 2 rings (SSSR count). The first kappa shape index (κ1) is 18.0. The van der Waals surface area contributed by atoms with Gasteiger partial charge >= 0.3 is 0 Å². The van der Waals surface area contributed by atoms with Crippen LogP contribution < -0.4 is 10.6 Å². The number of nitrogens with one attached hydrogen (secondary N) is 2. The van der Waals surface area contributed by atoms with Crippen molar-refractivity contribution in [2.45, 2.75) is 57.5 Å². The number of nitrogens with zero attached hydrogens (tertiary/aromatic N) is 2. The largest absolute Gasteiger partial charge is 0.381 e. The van der Waals surface area contributed by atoms with Crippen LogP contribution >= 0.6 is 0 Å². The zero-order chi connectivity index (χ0) is 16.7. The molecule has 2 fully saturated rings. The minimum absolute atomic E-state index is 0.0229. The van der Waals surface area contributed by atoms with Gasteiger partial charge in [0.2, 0.25) is 5.91 Å². The monoisotopic (exact) mass is 324 g/mol. The highest BCUT2D eigenvalue weighted by molar-refractivity contribution is 5.85. The van der Waals surface area contributed by atoms with Gasteiger partial charge < -0.3 is 20.3 Å². The zero-order valence-electron chi connectivity index (χ0n) is 14.8. The zero-order valence-corrected chi connectivity index (χ0v) is 14.8. The normalized spacial score (nSPS) is 26.7. The van der Waals surface area contributed by atoms with Crippen molar-refractivity contribution in [2.24, 2.45) is 10.9 Å². The van der Waals surface area contributed by atoms with Crippen LogP contribution in [-0.2, 0) is 9.53 Å². The van der Waals surface area contributed by atoms with Gasteiger partial charge in [-0.3, -0.25) is 4.79 Å². The van der Waals surface area contributed by atoms with E-state index in [1.54, 1.807) is 19.0 Å². The molecule has 0 aromatic heterocycles. The SMILES string of the molecule is CC1CCCCC1NC(=NCC(=O)N(C)C)NC1CCOCC1. The van der Waals surface area contributed by atoms with Crippen LogP contribution in [0.15, 0.2) is 4.99 Å². The predicted molar refractivity (Wildman–Crippen MR) is 92.5 cm³/mol. The molecular weight excluding hydrogens is 292 g/mol. The van der Waals surface area contributed by atoms with Gasteiger partial charge in [-0.1, -0.05) is 19.8 Å². The van der Waals surface area contributed by atoms with Crippen molar-refractivity contribution in [3.63, 3.8) is 0 Å². The lowest BCUT2D eigenvalue weighted by Crippen LogP contribution is -2.51. The predicted octanol–water partition coefficient (Wildman–Crippen LogP) is 1.37. The number of carbonyl (C=O) groups excluding carboxylic acids is 1. The molecule has 1 aliphatic heterocycles. The lowest BCUT2D eigenvalue weighted by Gasteiger charge is -2.33. The summed E-state index contributed by atoms with van der Waals surface area (Å²) in [5.41, 5.74) is 0. The fraction of sp³-hybridized carbons (Fsp3) is 0.882. The minimum atomic E-state index is 0.0229. The standard InChI is InChI=1S/C17H32N4O2/c1-13-6-4-5-7-15(13)20-17(18-12-16(22)21(2)3)19-14-8-10-23-11-9-14/h13-15H,4-12H2,1-3H3,(H2,18,19,20). The van der Waals surface area contributed by atoms with E-state index in [9.17, 15) is 4.79 Å². The molecule has 2 atom stereocenters. The molecule has 132 valence electrons. The first-order valence-corrected chi connectivity index (χ1v) is 8.91. The Hall–Kier alpha value is -1.30. The summed E-state index contributed by atoms with van der Waals surface area (Å²) in [6.07, 6.45) is 7.00. The molecule has 0 spiro atoms. The summed E-state index contributed by atoms with van der Waals surface area (Å²) in [7, 11) is 3.53. The minimum Gasteiger partial charge on any atom is -0.381 e. The van der Waals surface area contributed by atoms with E-state index in [-0.39, 0.29) is 12.5 Å². The number of aliphatic imine (C=N–C) groups is 1. The van der Waals surface area contributed by atoms with Crippen LogP contribution in [0.25, 0.3) is 0 Å². The highest BCUT2D eigenvalue weighted by Crippen LogP contribution is 2.23. The van der Waals surface area contributed by atoms with Crippen LogP contribution in [0, 0.1) is 5.92 Å². The number of likely N-dealkylation sites (N-methyl/N-ethyl adjacent to an activating group) is 1. The summed E-state index contributed by atoms with van der Waals surface area (Å²) in [6.45, 7) is 4.07. The fourth-order valence-electron chi connectivity index (χ4n) is 3.16. The number of carbonyl (C=O) groups is 1. The van der Waals surface area contributed by atoms with Gasteiger partial charge in [0, 0.05) is 39.4 Å². The lowest BCUT2D eigenvalue weighted by molar-refractivity contribution is -0.127. The maximum atomic E-state index is 11.8. The molecule has 1 aliphatic carbocycles. The Morgan fingerprint density at radius 1 is 1.13 bits per heavy atom. The van der Waals surface area contributed by atoms with E-state index in [4.69, 9.17) is 4.74 Å². The van der Waals surface area contributed by atoms with Crippen LogP contribution in [0.2, 0.25) is 0 Å². The second-order valence-corrected chi connectivity index (χ2v) is 7.00. The van der Waals surface area contributed by atoms with Gasteiger partial charge in [-0.05, 0) is 31.6 Å². The molecule has 2 unspecified atom stereocenters. The third kappa shape index (κ3) is 6.01. The molecule has 1 amide bonds. The van der Waals surface area contributed by atoms with E-state index in [1.165, 1.54) is 25.7 Å². The molecule has 0 bridgehead atoms. The number of hydrogen-bond donors (Lipinski definition) is 2. The summed E-state index contributed by atoms with van der Waals surface area (Å²) in [4.78, 5) is 18.0. The maximum absolute atomic E-state index is 11.8. The first-order chi connectivity index (χ1) is 11.1. The van der Waals surface area contributed by atoms with Gasteiger partial charge in [0.1, 0.15) is 6.54 Å². The van der Waals surface area contributed by atoms with E-state index >= 15 is 0 Å². The Balaban J connectivity index is 1.97. The van der Waals surface area contributed by atoms with Crippen molar-refractivity contribution < 1.29 is 9.53 Å². The molecule has 1 heterocycles. The van der Waals surface area contributed by atoms with Crippen LogP contribution in [0.4, 0.5) is 0 Å². The first-order valence-electron chi connectivity index (χ1n) is 8.91. The molecule has 0 aromatic carbocycles. The van der Waals surface area contributed by atoms with Crippen LogP contribution in [0.1, 0.15) is 45.4 Å². The van der Waals surface area contributed by atoms with Crippen molar-refractivity contribution in [3.05, 3.63) is 0 Å². The molecular formula is C17H32N4O2. The van der Waals surface area contributed by atoms with E-state index < -0.39 is 0 Å². The average Bonchev–Trinajstić information content (AvgIpc) is 2.55. The van der Waals surface area contributed by atoms with Crippen LogP contribution in [0.3, 0.4) is 0 Å². The third-order valence-electron chi connectivity index (χ3n) is 4.87. The molecule has 2 aliphatic rings. The molecule has 23 heavy (non-hydrogen) atoms. The van der Waals surface area contributed by atoms with Gasteiger partial charge in [-0.15, -0.1) is 0 Å². The summed E-state index contributed by atoms with van der Waals surface area (Å²) in [5.74, 6) is 1.45. The Morgan fingerprint density at radius 2 is 1.83 bits per heavy atom. The quantitative estimate of drug-likeness (QED) is 0.605. The second kappa shape index (κ2) is 9.11. The van der Waals surface area contributed by atoms with Gasteiger partial charge in [-0.25, -0.2) is 4.99 Å². The van der Waals surface area contributed by atoms with Crippen LogP contribution in [-0.4, -0.2) is 62.7 Å². The molecule has 1 saturated carbocycles. The summed E-state index contributed by atoms with van der Waals surface area (Å²) < 4.78 is 5.42. The van der Waals surface area contributed by atoms with E-state index in [2.05, 4.69) is 22.5 Å². The molecule has 2 N–H and O–H groups in total. The number of amides is 1. The van der Waals surface area contributed by atoms with Gasteiger partial charge in [0.25, 0.3) is 0 Å². The lowest BCUT2D eigenvalue weighted by atomic mass is 9.86. The molecule has 0 radical (unpaired) electrons. The second-order valence-electron chi connectivity index (χ2n) is 7.00. The van der Waals surface area contributed by atoms with Crippen molar-refractivity contribution in [1.29, 1.82) is 0 Å². The summed E-state index contributed by atoms with van der Waals surface area (Å²) in [6, 6.07) is 0.827. The molecule has 0 aromatic rings. The Bertz CT molecular complexity index is 405. The van der Waals surface area contributed by atoms with Crippen molar-refractivity contribution >= 4 is 11.9 Å². The Morgan fingerprint density at radius 3 is 2.48 bits per heavy atom. The van der Waals surface area contributed by atoms with Crippen molar-refractivity contribution in [2.75, 3.05) is 33.9 Å². The van der Waals surface area contributed by atoms with Crippen molar-refractivity contribution in [3.8, 4) is 0 Å². The van der Waals surface area contributed by atoms with Gasteiger partial charge in [-0.2, -0.15) is 0 Å². The number of rotatable bonds is 4. The van der Waals surface area contributed by atoms with Crippen molar-refractivity contribution in [1.82, 2.24) is 15.5 Å². The Labute approximate surface area is 140 Å². The van der Waals surface area contributed by atoms with Gasteiger partial charge in [0.05, 0.1) is 0 Å². The Kier molecular flexibility index (Phi) is 7.15. The number of hydrogen-bond acceptors (Lipinski definition) is 3. The van der Waals surface area contributed by atoms with E-state index in [0.717, 1.165) is 32.0 Å². The van der Waals surface area contributed by atoms with E-state index in [1.807, 2.05) is 0 Å². The molecule has 1 saturated heterocycles. The van der Waals surface area contributed by atoms with Gasteiger partial charge in [0.15, 0.2) is 5.96 Å². The summed E-state index contributed by atoms with van der Waals surface area (Å²) in [5, 5.41) is 7.08. The fourth-order valence-corrected chi connectivity index (χ4v) is 3.16. The smallest absolute Gasteiger partial charge is 0.243 e.